The van der Waals surface area contributed by atoms with E-state index in [1.54, 1.807) is 14.2 Å². The van der Waals surface area contributed by atoms with Gasteiger partial charge in [-0.1, -0.05) is 19.1 Å². The van der Waals surface area contributed by atoms with Crippen molar-refractivity contribution in [2.75, 3.05) is 14.2 Å². The van der Waals surface area contributed by atoms with E-state index in [2.05, 4.69) is 6.92 Å². The van der Waals surface area contributed by atoms with Gasteiger partial charge in [-0.2, -0.15) is 0 Å². The SMILES string of the molecule is CCc1cccc(OC)c1OC.N. The molecular weight excluding hydrogens is 166 g/mol. The Labute approximate surface area is 79.3 Å². The van der Waals surface area contributed by atoms with Gasteiger partial charge in [0.2, 0.25) is 0 Å². The zero-order valence-electron chi connectivity index (χ0n) is 8.46. The molecule has 0 radical (unpaired) electrons. The second-order valence-electron chi connectivity index (χ2n) is 2.51. The summed E-state index contributed by atoms with van der Waals surface area (Å²) < 4.78 is 10.4. The van der Waals surface area contributed by atoms with Crippen molar-refractivity contribution in [3.63, 3.8) is 0 Å². The molecule has 3 nitrogen and oxygen atoms in total. The maximum Gasteiger partial charge on any atom is 0.163 e. The molecule has 0 fully saturated rings. The van der Waals surface area contributed by atoms with E-state index in [9.17, 15) is 0 Å². The lowest BCUT2D eigenvalue weighted by atomic mass is 10.1. The van der Waals surface area contributed by atoms with Gasteiger partial charge < -0.3 is 15.6 Å². The van der Waals surface area contributed by atoms with E-state index in [1.165, 1.54) is 5.56 Å². The van der Waals surface area contributed by atoms with Crippen molar-refractivity contribution in [1.82, 2.24) is 6.15 Å². The summed E-state index contributed by atoms with van der Waals surface area (Å²) in [5.74, 6) is 1.65. The fourth-order valence-corrected chi connectivity index (χ4v) is 1.23. The number of benzene rings is 1. The molecule has 0 aliphatic carbocycles. The molecule has 0 bridgehead atoms. The Kier molecular flexibility index (Phi) is 4.92. The number of para-hydroxylation sites is 1. The Balaban J connectivity index is 0.00000144. The minimum Gasteiger partial charge on any atom is -0.493 e. The molecule has 0 aliphatic heterocycles. The zero-order valence-corrected chi connectivity index (χ0v) is 8.46. The molecule has 0 aliphatic rings. The summed E-state index contributed by atoms with van der Waals surface area (Å²) in [6, 6.07) is 5.92. The molecule has 1 rings (SSSR count). The highest BCUT2D eigenvalue weighted by atomic mass is 16.5. The molecule has 0 spiro atoms. The van der Waals surface area contributed by atoms with Crippen LogP contribution in [-0.4, -0.2) is 14.2 Å². The Hall–Kier alpha value is -1.22. The number of rotatable bonds is 3. The molecule has 0 amide bonds. The average molecular weight is 183 g/mol. The van der Waals surface area contributed by atoms with E-state index in [-0.39, 0.29) is 6.15 Å². The molecule has 0 atom stereocenters. The smallest absolute Gasteiger partial charge is 0.163 e. The summed E-state index contributed by atoms with van der Waals surface area (Å²) in [5.41, 5.74) is 1.18. The van der Waals surface area contributed by atoms with Gasteiger partial charge >= 0.3 is 0 Å². The van der Waals surface area contributed by atoms with Crippen molar-refractivity contribution in [3.05, 3.63) is 23.8 Å². The summed E-state index contributed by atoms with van der Waals surface area (Å²) in [7, 11) is 3.31. The van der Waals surface area contributed by atoms with E-state index in [4.69, 9.17) is 9.47 Å². The third-order valence-corrected chi connectivity index (χ3v) is 1.87. The van der Waals surface area contributed by atoms with E-state index >= 15 is 0 Å². The molecule has 1 aromatic rings. The van der Waals surface area contributed by atoms with Crippen molar-refractivity contribution in [2.24, 2.45) is 0 Å². The maximum absolute atomic E-state index is 5.23. The lowest BCUT2D eigenvalue weighted by Crippen LogP contribution is -1.94. The van der Waals surface area contributed by atoms with Crippen molar-refractivity contribution in [3.8, 4) is 11.5 Å². The molecule has 74 valence electrons. The molecule has 0 unspecified atom stereocenters. The minimum atomic E-state index is 0. The largest absolute Gasteiger partial charge is 0.493 e. The van der Waals surface area contributed by atoms with Crippen LogP contribution >= 0.6 is 0 Å². The second-order valence-corrected chi connectivity index (χ2v) is 2.51. The summed E-state index contributed by atoms with van der Waals surface area (Å²) >= 11 is 0. The van der Waals surface area contributed by atoms with Crippen LogP contribution in [0.3, 0.4) is 0 Å². The Bertz CT molecular complexity index is 239. The lowest BCUT2D eigenvalue weighted by Gasteiger charge is -2.10. The van der Waals surface area contributed by atoms with Crippen molar-refractivity contribution in [2.45, 2.75) is 13.3 Å². The third kappa shape index (κ3) is 2.36. The van der Waals surface area contributed by atoms with Gasteiger partial charge in [0, 0.05) is 0 Å². The van der Waals surface area contributed by atoms with E-state index < -0.39 is 0 Å². The van der Waals surface area contributed by atoms with E-state index in [0.29, 0.717) is 0 Å². The first-order valence-corrected chi connectivity index (χ1v) is 4.03. The summed E-state index contributed by atoms with van der Waals surface area (Å²) in [6.07, 6.45) is 0.959. The van der Waals surface area contributed by atoms with Crippen LogP contribution in [0.15, 0.2) is 18.2 Å². The highest BCUT2D eigenvalue weighted by Gasteiger charge is 2.06. The van der Waals surface area contributed by atoms with Crippen LogP contribution in [0.25, 0.3) is 0 Å². The zero-order chi connectivity index (χ0) is 8.97. The predicted octanol–water partition coefficient (Wildman–Crippen LogP) is 2.43. The van der Waals surface area contributed by atoms with Crippen LogP contribution in [0, 0.1) is 0 Å². The Morgan fingerprint density at radius 2 is 1.85 bits per heavy atom. The number of methoxy groups -OCH3 is 2. The summed E-state index contributed by atoms with van der Waals surface area (Å²) in [4.78, 5) is 0. The van der Waals surface area contributed by atoms with Crippen molar-refractivity contribution >= 4 is 0 Å². The van der Waals surface area contributed by atoms with Gasteiger partial charge in [0.15, 0.2) is 11.5 Å². The quantitative estimate of drug-likeness (QED) is 0.783. The predicted molar refractivity (Wildman–Crippen MR) is 53.9 cm³/mol. The minimum absolute atomic E-state index is 0. The fraction of sp³-hybridized carbons (Fsp3) is 0.400. The van der Waals surface area contributed by atoms with Crippen molar-refractivity contribution < 1.29 is 9.47 Å². The van der Waals surface area contributed by atoms with Gasteiger partial charge in [-0.05, 0) is 18.1 Å². The topological polar surface area (TPSA) is 53.5 Å². The van der Waals surface area contributed by atoms with Gasteiger partial charge in [0.25, 0.3) is 0 Å². The van der Waals surface area contributed by atoms with Gasteiger partial charge in [0.1, 0.15) is 0 Å². The number of hydrogen-bond donors (Lipinski definition) is 1. The normalized spacial score (nSPS) is 8.85. The molecule has 3 heteroatoms. The molecular formula is C10H17NO2. The van der Waals surface area contributed by atoms with Gasteiger partial charge in [-0.25, -0.2) is 0 Å². The molecule has 13 heavy (non-hydrogen) atoms. The van der Waals surface area contributed by atoms with E-state index in [1.807, 2.05) is 18.2 Å². The molecule has 0 aromatic heterocycles. The molecule has 0 saturated carbocycles. The van der Waals surface area contributed by atoms with Crippen molar-refractivity contribution in [1.29, 1.82) is 0 Å². The lowest BCUT2D eigenvalue weighted by molar-refractivity contribution is 0.352. The first kappa shape index (κ1) is 11.8. The van der Waals surface area contributed by atoms with Crippen LogP contribution in [-0.2, 0) is 6.42 Å². The summed E-state index contributed by atoms with van der Waals surface area (Å²) in [6.45, 7) is 2.09. The monoisotopic (exact) mass is 183 g/mol. The van der Waals surface area contributed by atoms with Crippen LogP contribution in [0.2, 0.25) is 0 Å². The Morgan fingerprint density at radius 1 is 1.15 bits per heavy atom. The molecule has 0 saturated heterocycles. The molecule has 0 heterocycles. The molecule has 3 N–H and O–H groups in total. The highest BCUT2D eigenvalue weighted by Crippen LogP contribution is 2.30. The maximum atomic E-state index is 5.23. The van der Waals surface area contributed by atoms with Gasteiger partial charge in [-0.3, -0.25) is 0 Å². The average Bonchev–Trinajstić information content (AvgIpc) is 2.16. The first-order valence-electron chi connectivity index (χ1n) is 4.03. The standard InChI is InChI=1S/C10H14O2.H3N/c1-4-8-6-5-7-9(11-2)10(8)12-3;/h5-7H,4H2,1-3H3;1H3. The van der Waals surface area contributed by atoms with Crippen LogP contribution < -0.4 is 15.6 Å². The number of aryl methyl sites for hydroxylation is 1. The second kappa shape index (κ2) is 5.43. The fourth-order valence-electron chi connectivity index (χ4n) is 1.23. The Morgan fingerprint density at radius 3 is 2.31 bits per heavy atom. The highest BCUT2D eigenvalue weighted by molar-refractivity contribution is 5.46. The van der Waals surface area contributed by atoms with Gasteiger partial charge in [0.05, 0.1) is 14.2 Å². The van der Waals surface area contributed by atoms with Crippen LogP contribution in [0.1, 0.15) is 12.5 Å². The van der Waals surface area contributed by atoms with Crippen LogP contribution in [0.5, 0.6) is 11.5 Å². The molecule has 1 aromatic carbocycles. The number of ether oxygens (including phenoxy) is 2. The third-order valence-electron chi connectivity index (χ3n) is 1.87. The van der Waals surface area contributed by atoms with E-state index in [0.717, 1.165) is 17.9 Å². The number of hydrogen-bond acceptors (Lipinski definition) is 3. The van der Waals surface area contributed by atoms with Gasteiger partial charge in [-0.15, -0.1) is 0 Å². The summed E-state index contributed by atoms with van der Waals surface area (Å²) in [5, 5.41) is 0. The first-order chi connectivity index (χ1) is 5.83. The van der Waals surface area contributed by atoms with Crippen LogP contribution in [0.4, 0.5) is 0 Å².